The minimum atomic E-state index is -4.26. The molecule has 1 N–H and O–H groups in total. The number of carbonyl (C=O) groups is 1. The second-order valence-electron chi connectivity index (χ2n) is 7.20. The molecule has 0 atom stereocenters. The minimum absolute atomic E-state index is 0.0198. The van der Waals surface area contributed by atoms with E-state index in [1.165, 1.54) is 12.4 Å². The zero-order valence-corrected chi connectivity index (χ0v) is 16.8. The summed E-state index contributed by atoms with van der Waals surface area (Å²) in [5, 5.41) is 7.90. The van der Waals surface area contributed by atoms with Crippen molar-refractivity contribution in [2.45, 2.75) is 46.0 Å². The van der Waals surface area contributed by atoms with Crippen LogP contribution >= 0.6 is 0 Å². The molecule has 0 aliphatic rings. The maximum atomic E-state index is 12.4. The quantitative estimate of drug-likeness (QED) is 0.630. The summed E-state index contributed by atoms with van der Waals surface area (Å²) in [5.74, 6) is 0.0370. The Morgan fingerprint density at radius 1 is 1.30 bits per heavy atom. The number of amides is 1. The highest BCUT2D eigenvalue weighted by Gasteiger charge is 2.27. The van der Waals surface area contributed by atoms with E-state index in [0.717, 1.165) is 0 Å². The van der Waals surface area contributed by atoms with E-state index in [4.69, 9.17) is 4.74 Å². The molecule has 0 aromatic carbocycles. The number of rotatable bonds is 7. The number of carbonyl (C=O) groups excluding carboxylic acids is 1. The van der Waals surface area contributed by atoms with Gasteiger partial charge in [-0.05, 0) is 38.5 Å². The fraction of sp³-hybridized carbons (Fsp3) is 0.400. The number of ether oxygens (including phenoxy) is 1. The van der Waals surface area contributed by atoms with Crippen LogP contribution in [-0.4, -0.2) is 44.5 Å². The van der Waals surface area contributed by atoms with Crippen LogP contribution in [0.15, 0.2) is 30.7 Å². The highest BCUT2D eigenvalue weighted by Crippen LogP contribution is 2.23. The largest absolute Gasteiger partial charge is 0.491 e. The molecule has 0 fully saturated rings. The average molecular weight is 421 g/mol. The van der Waals surface area contributed by atoms with Crippen LogP contribution in [-0.2, 0) is 6.54 Å². The summed E-state index contributed by atoms with van der Waals surface area (Å²) in [4.78, 5) is 20.8. The van der Waals surface area contributed by atoms with Gasteiger partial charge in [0.1, 0.15) is 11.4 Å². The fourth-order valence-corrected chi connectivity index (χ4v) is 2.87. The molecule has 0 aliphatic heterocycles. The van der Waals surface area contributed by atoms with Crippen LogP contribution in [0.25, 0.3) is 10.9 Å². The molecule has 0 bridgehead atoms. The van der Waals surface area contributed by atoms with Crippen LogP contribution in [0.2, 0.25) is 0 Å². The lowest BCUT2D eigenvalue weighted by Gasteiger charge is -2.11. The van der Waals surface area contributed by atoms with Gasteiger partial charge in [0.2, 0.25) is 0 Å². The van der Waals surface area contributed by atoms with Gasteiger partial charge < -0.3 is 10.1 Å². The van der Waals surface area contributed by atoms with E-state index in [9.17, 15) is 18.0 Å². The van der Waals surface area contributed by atoms with E-state index in [-0.39, 0.29) is 11.9 Å². The van der Waals surface area contributed by atoms with Gasteiger partial charge in [0.25, 0.3) is 5.91 Å². The highest BCUT2D eigenvalue weighted by atomic mass is 19.4. The van der Waals surface area contributed by atoms with Crippen LogP contribution in [0.5, 0.6) is 5.75 Å². The van der Waals surface area contributed by atoms with Crippen molar-refractivity contribution in [3.63, 3.8) is 0 Å². The van der Waals surface area contributed by atoms with Crippen LogP contribution in [0.1, 0.15) is 42.0 Å². The zero-order chi connectivity index (χ0) is 21.9. The summed E-state index contributed by atoms with van der Waals surface area (Å²) in [5.41, 5.74) is 2.26. The topological polar surface area (TPSA) is 81.9 Å². The minimum Gasteiger partial charge on any atom is -0.491 e. The predicted molar refractivity (Wildman–Crippen MR) is 104 cm³/mol. The number of hydrogen-bond donors (Lipinski definition) is 1. The van der Waals surface area contributed by atoms with E-state index >= 15 is 0 Å². The molecular formula is C20H22F3N5O2. The molecule has 1 amide bonds. The van der Waals surface area contributed by atoms with Crippen molar-refractivity contribution in [2.24, 2.45) is 0 Å². The predicted octanol–water partition coefficient (Wildman–Crippen LogP) is 3.65. The van der Waals surface area contributed by atoms with Crippen LogP contribution in [0.3, 0.4) is 0 Å². The van der Waals surface area contributed by atoms with Gasteiger partial charge in [0, 0.05) is 18.4 Å². The number of pyridine rings is 2. The number of nitrogens with zero attached hydrogens (tertiary/aromatic N) is 4. The second kappa shape index (κ2) is 8.68. The Balaban J connectivity index is 1.75. The van der Waals surface area contributed by atoms with Gasteiger partial charge in [-0.3, -0.25) is 19.4 Å². The Labute approximate surface area is 171 Å². The highest BCUT2D eigenvalue weighted by molar-refractivity contribution is 6.04. The number of hydrogen-bond acceptors (Lipinski definition) is 5. The summed E-state index contributed by atoms with van der Waals surface area (Å²) in [7, 11) is 0. The lowest BCUT2D eigenvalue weighted by Crippen LogP contribution is -2.30. The van der Waals surface area contributed by atoms with E-state index in [1.807, 2.05) is 13.8 Å². The molecular weight excluding hydrogens is 399 g/mol. The lowest BCUT2D eigenvalue weighted by molar-refractivity contribution is -0.139. The number of nitrogens with one attached hydrogen (secondary N) is 1. The maximum Gasteiger partial charge on any atom is 0.392 e. The molecule has 0 unspecified atom stereocenters. The molecule has 30 heavy (non-hydrogen) atoms. The summed E-state index contributed by atoms with van der Waals surface area (Å²) in [6, 6.07) is 3.43. The average Bonchev–Trinajstić information content (AvgIpc) is 3.04. The van der Waals surface area contributed by atoms with Crippen LogP contribution in [0, 0.1) is 6.92 Å². The molecule has 0 saturated carbocycles. The van der Waals surface area contributed by atoms with Gasteiger partial charge in [0.15, 0.2) is 0 Å². The third-order valence-electron chi connectivity index (χ3n) is 4.20. The monoisotopic (exact) mass is 421 g/mol. The molecule has 10 heteroatoms. The van der Waals surface area contributed by atoms with Crippen molar-refractivity contribution in [3.8, 4) is 5.75 Å². The summed E-state index contributed by atoms with van der Waals surface area (Å²) in [6.07, 6.45) is -0.613. The van der Waals surface area contributed by atoms with E-state index < -0.39 is 19.2 Å². The maximum absolute atomic E-state index is 12.4. The van der Waals surface area contributed by atoms with Crippen molar-refractivity contribution < 1.29 is 22.7 Å². The number of aryl methyl sites for hydroxylation is 1. The van der Waals surface area contributed by atoms with Gasteiger partial charge >= 0.3 is 6.18 Å². The van der Waals surface area contributed by atoms with Gasteiger partial charge in [-0.1, -0.05) is 0 Å². The smallest absolute Gasteiger partial charge is 0.392 e. The third-order valence-corrected chi connectivity index (χ3v) is 4.20. The van der Waals surface area contributed by atoms with E-state index in [2.05, 4.69) is 20.4 Å². The normalized spacial score (nSPS) is 11.8. The molecule has 3 heterocycles. The molecule has 7 nitrogen and oxygen atoms in total. The van der Waals surface area contributed by atoms with Crippen molar-refractivity contribution in [3.05, 3.63) is 47.7 Å². The Morgan fingerprint density at radius 2 is 2.07 bits per heavy atom. The molecule has 3 rings (SSSR count). The molecule has 0 radical (unpaired) electrons. The Hall–Kier alpha value is -3.17. The number of aromatic nitrogens is 4. The third kappa shape index (κ3) is 5.46. The SMILES string of the molecule is Cc1cc(Cn2cc3c(C(=O)NC(C)C)nccc3n2)ncc1OCCC(F)(F)F. The van der Waals surface area contributed by atoms with Crippen LogP contribution < -0.4 is 10.1 Å². The standard InChI is InChI=1S/C20H22F3N5O2/c1-12(2)26-19(29)18-15-11-28(27-16(15)4-6-24-18)10-14-8-13(3)17(9-25-14)30-7-5-20(21,22)23/h4,6,8-9,11-12H,5,7,10H2,1-3H3,(H,26,29). The first-order chi connectivity index (χ1) is 14.1. The summed E-state index contributed by atoms with van der Waals surface area (Å²) >= 11 is 0. The molecule has 0 aliphatic carbocycles. The van der Waals surface area contributed by atoms with Crippen molar-refractivity contribution >= 4 is 16.8 Å². The Morgan fingerprint density at radius 3 is 2.73 bits per heavy atom. The van der Waals surface area contributed by atoms with E-state index in [0.29, 0.717) is 40.1 Å². The summed E-state index contributed by atoms with van der Waals surface area (Å²) < 4.78 is 43.6. The number of alkyl halides is 3. The van der Waals surface area contributed by atoms with Crippen molar-refractivity contribution in [1.29, 1.82) is 0 Å². The van der Waals surface area contributed by atoms with Gasteiger partial charge in [0.05, 0.1) is 42.4 Å². The first-order valence-corrected chi connectivity index (χ1v) is 9.40. The van der Waals surface area contributed by atoms with Gasteiger partial charge in [-0.25, -0.2) is 0 Å². The zero-order valence-electron chi connectivity index (χ0n) is 16.8. The molecule has 160 valence electrons. The van der Waals surface area contributed by atoms with E-state index in [1.54, 1.807) is 29.9 Å². The first kappa shape index (κ1) is 21.5. The van der Waals surface area contributed by atoms with Gasteiger partial charge in [-0.2, -0.15) is 18.3 Å². The van der Waals surface area contributed by atoms with Crippen molar-refractivity contribution in [1.82, 2.24) is 25.1 Å². The molecule has 0 spiro atoms. The summed E-state index contributed by atoms with van der Waals surface area (Å²) in [6.45, 7) is 5.34. The van der Waals surface area contributed by atoms with Crippen molar-refractivity contribution in [2.75, 3.05) is 6.61 Å². The molecule has 3 aromatic rings. The van der Waals surface area contributed by atoms with Gasteiger partial charge in [-0.15, -0.1) is 0 Å². The molecule has 0 saturated heterocycles. The van der Waals surface area contributed by atoms with Crippen LogP contribution in [0.4, 0.5) is 13.2 Å². The number of halogens is 3. The lowest BCUT2D eigenvalue weighted by atomic mass is 10.2. The Bertz CT molecular complexity index is 1050. The fourth-order valence-electron chi connectivity index (χ4n) is 2.87. The number of fused-ring (bicyclic) bond motifs is 1. The Kier molecular flexibility index (Phi) is 6.23. The second-order valence-corrected chi connectivity index (χ2v) is 7.20. The first-order valence-electron chi connectivity index (χ1n) is 9.40. The molecule has 3 aromatic heterocycles.